The SMILES string of the molecule is CCn1c(C)cc2cc(NC(=O)C3CCC(=O)N(C4CCCC4)C3)ccc21. The number of nitrogens with one attached hydrogen (secondary N) is 1. The molecule has 1 N–H and O–H groups in total. The Bertz CT molecular complexity index is 864. The molecule has 0 spiro atoms. The van der Waals surface area contributed by atoms with Crippen LogP contribution in [0.1, 0.15) is 51.1 Å². The molecule has 1 unspecified atom stereocenters. The molecule has 2 heterocycles. The Morgan fingerprint density at radius 1 is 1.19 bits per heavy atom. The molecule has 1 aliphatic heterocycles. The summed E-state index contributed by atoms with van der Waals surface area (Å²) in [4.78, 5) is 27.1. The van der Waals surface area contributed by atoms with Gasteiger partial charge >= 0.3 is 0 Å². The molecular formula is C22H29N3O2. The topological polar surface area (TPSA) is 54.3 Å². The van der Waals surface area contributed by atoms with Gasteiger partial charge in [-0.2, -0.15) is 0 Å². The van der Waals surface area contributed by atoms with Crippen LogP contribution in [0.5, 0.6) is 0 Å². The van der Waals surface area contributed by atoms with E-state index in [4.69, 9.17) is 0 Å². The number of aromatic nitrogens is 1. The quantitative estimate of drug-likeness (QED) is 0.885. The van der Waals surface area contributed by atoms with Crippen molar-refractivity contribution in [2.24, 2.45) is 5.92 Å². The van der Waals surface area contributed by atoms with Gasteiger partial charge in [0.05, 0.1) is 5.92 Å². The van der Waals surface area contributed by atoms with Crippen LogP contribution >= 0.6 is 0 Å². The molecule has 1 atom stereocenters. The Labute approximate surface area is 160 Å². The fourth-order valence-corrected chi connectivity index (χ4v) is 4.81. The van der Waals surface area contributed by atoms with Crippen molar-refractivity contribution in [1.29, 1.82) is 0 Å². The van der Waals surface area contributed by atoms with Gasteiger partial charge in [-0.1, -0.05) is 12.8 Å². The van der Waals surface area contributed by atoms with Gasteiger partial charge in [0.15, 0.2) is 0 Å². The highest BCUT2D eigenvalue weighted by Gasteiger charge is 2.35. The summed E-state index contributed by atoms with van der Waals surface area (Å²) in [5, 5.41) is 4.24. The minimum atomic E-state index is -0.110. The Balaban J connectivity index is 1.46. The number of hydrogen-bond donors (Lipinski definition) is 1. The minimum absolute atomic E-state index is 0.0384. The van der Waals surface area contributed by atoms with Crippen LogP contribution in [-0.2, 0) is 16.1 Å². The van der Waals surface area contributed by atoms with E-state index in [0.29, 0.717) is 25.4 Å². The number of aryl methyl sites for hydroxylation is 2. The van der Waals surface area contributed by atoms with Crippen LogP contribution in [0.25, 0.3) is 10.9 Å². The molecule has 0 bridgehead atoms. The second kappa shape index (κ2) is 7.37. The first-order valence-electron chi connectivity index (χ1n) is 10.3. The van der Waals surface area contributed by atoms with Crippen LogP contribution in [0, 0.1) is 12.8 Å². The predicted octanol–water partition coefficient (Wildman–Crippen LogP) is 4.09. The van der Waals surface area contributed by atoms with Crippen LogP contribution in [-0.4, -0.2) is 33.9 Å². The zero-order valence-electron chi connectivity index (χ0n) is 16.3. The van der Waals surface area contributed by atoms with E-state index in [2.05, 4.69) is 41.9 Å². The molecule has 2 amide bonds. The van der Waals surface area contributed by atoms with E-state index in [9.17, 15) is 9.59 Å². The third-order valence-electron chi connectivity index (χ3n) is 6.27. The van der Waals surface area contributed by atoms with Crippen LogP contribution < -0.4 is 5.32 Å². The van der Waals surface area contributed by atoms with E-state index in [1.165, 1.54) is 24.1 Å². The molecule has 4 rings (SSSR count). The van der Waals surface area contributed by atoms with E-state index in [-0.39, 0.29) is 17.7 Å². The number of carbonyl (C=O) groups is 2. The van der Waals surface area contributed by atoms with Crippen molar-refractivity contribution in [2.75, 3.05) is 11.9 Å². The first-order chi connectivity index (χ1) is 13.1. The zero-order valence-corrected chi connectivity index (χ0v) is 16.3. The van der Waals surface area contributed by atoms with Crippen LogP contribution in [0.4, 0.5) is 5.69 Å². The summed E-state index contributed by atoms with van der Waals surface area (Å²) in [6.45, 7) is 5.76. The number of benzene rings is 1. The van der Waals surface area contributed by atoms with Crippen molar-refractivity contribution in [1.82, 2.24) is 9.47 Å². The molecule has 5 nitrogen and oxygen atoms in total. The normalized spacial score (nSPS) is 21.2. The van der Waals surface area contributed by atoms with Crippen molar-refractivity contribution >= 4 is 28.4 Å². The molecule has 1 aliphatic carbocycles. The average molecular weight is 367 g/mol. The Kier molecular flexibility index (Phi) is 4.94. The van der Waals surface area contributed by atoms with E-state index in [1.54, 1.807) is 0 Å². The largest absolute Gasteiger partial charge is 0.345 e. The number of nitrogens with zero attached hydrogens (tertiary/aromatic N) is 2. The summed E-state index contributed by atoms with van der Waals surface area (Å²) < 4.78 is 2.27. The van der Waals surface area contributed by atoms with Gasteiger partial charge in [0.1, 0.15) is 0 Å². The molecular weight excluding hydrogens is 338 g/mol. The maximum Gasteiger partial charge on any atom is 0.229 e. The third kappa shape index (κ3) is 3.47. The molecule has 1 aromatic carbocycles. The molecule has 1 saturated carbocycles. The number of anilines is 1. The van der Waals surface area contributed by atoms with Crippen LogP contribution in [0.15, 0.2) is 24.3 Å². The summed E-state index contributed by atoms with van der Waals surface area (Å²) in [6.07, 6.45) is 5.72. The van der Waals surface area contributed by atoms with Crippen LogP contribution in [0.2, 0.25) is 0 Å². The predicted molar refractivity (Wildman–Crippen MR) is 108 cm³/mol. The lowest BCUT2D eigenvalue weighted by Crippen LogP contribution is -2.48. The number of fused-ring (bicyclic) bond motifs is 1. The van der Waals surface area contributed by atoms with E-state index in [1.807, 2.05) is 11.0 Å². The minimum Gasteiger partial charge on any atom is -0.345 e. The monoisotopic (exact) mass is 367 g/mol. The number of rotatable bonds is 4. The van der Waals surface area contributed by atoms with Gasteiger partial charge < -0.3 is 14.8 Å². The summed E-state index contributed by atoms with van der Waals surface area (Å²) in [6, 6.07) is 8.62. The van der Waals surface area contributed by atoms with Crippen molar-refractivity contribution in [2.45, 2.75) is 65.0 Å². The average Bonchev–Trinajstić information content (AvgIpc) is 3.28. The second-order valence-corrected chi connectivity index (χ2v) is 8.01. The zero-order chi connectivity index (χ0) is 19.0. The van der Waals surface area contributed by atoms with Gasteiger partial charge in [-0.15, -0.1) is 0 Å². The highest BCUT2D eigenvalue weighted by Crippen LogP contribution is 2.29. The Morgan fingerprint density at radius 3 is 2.70 bits per heavy atom. The summed E-state index contributed by atoms with van der Waals surface area (Å²) in [7, 11) is 0. The van der Waals surface area contributed by atoms with E-state index in [0.717, 1.165) is 30.5 Å². The standard InChI is InChI=1S/C22H29N3O2/c1-3-24-15(2)12-17-13-18(9-10-20(17)24)23-22(27)16-8-11-21(26)25(14-16)19-6-4-5-7-19/h9-10,12-13,16,19H,3-8,11,14H2,1-2H3,(H,23,27). The summed E-state index contributed by atoms with van der Waals surface area (Å²) >= 11 is 0. The number of hydrogen-bond acceptors (Lipinski definition) is 2. The van der Waals surface area contributed by atoms with Gasteiger partial charge in [0.2, 0.25) is 11.8 Å². The van der Waals surface area contributed by atoms with Crippen molar-refractivity contribution in [3.63, 3.8) is 0 Å². The molecule has 5 heteroatoms. The van der Waals surface area contributed by atoms with Gasteiger partial charge in [-0.25, -0.2) is 0 Å². The summed E-state index contributed by atoms with van der Waals surface area (Å²) in [5.41, 5.74) is 3.27. The maximum atomic E-state index is 12.8. The molecule has 2 aliphatic rings. The lowest BCUT2D eigenvalue weighted by Gasteiger charge is -2.36. The Morgan fingerprint density at radius 2 is 1.96 bits per heavy atom. The van der Waals surface area contributed by atoms with Gasteiger partial charge in [0.25, 0.3) is 0 Å². The lowest BCUT2D eigenvalue weighted by atomic mass is 9.94. The molecule has 0 radical (unpaired) electrons. The molecule has 2 aromatic rings. The van der Waals surface area contributed by atoms with Gasteiger partial charge in [0, 0.05) is 47.8 Å². The number of piperidine rings is 1. The molecule has 144 valence electrons. The highest BCUT2D eigenvalue weighted by molar-refractivity contribution is 5.96. The van der Waals surface area contributed by atoms with Crippen LogP contribution in [0.3, 0.4) is 0 Å². The molecule has 1 saturated heterocycles. The molecule has 1 aromatic heterocycles. The highest BCUT2D eigenvalue weighted by atomic mass is 16.2. The van der Waals surface area contributed by atoms with E-state index < -0.39 is 0 Å². The number of amides is 2. The summed E-state index contributed by atoms with van der Waals surface area (Å²) in [5.74, 6) is 0.154. The number of carbonyl (C=O) groups excluding carboxylic acids is 2. The van der Waals surface area contributed by atoms with Crippen molar-refractivity contribution in [3.8, 4) is 0 Å². The lowest BCUT2D eigenvalue weighted by molar-refractivity contribution is -0.139. The van der Waals surface area contributed by atoms with Gasteiger partial charge in [-0.3, -0.25) is 9.59 Å². The van der Waals surface area contributed by atoms with E-state index >= 15 is 0 Å². The van der Waals surface area contributed by atoms with Crippen molar-refractivity contribution < 1.29 is 9.59 Å². The third-order valence-corrected chi connectivity index (χ3v) is 6.27. The first kappa shape index (κ1) is 18.1. The maximum absolute atomic E-state index is 12.8. The van der Waals surface area contributed by atoms with Gasteiger partial charge in [-0.05, 0) is 57.4 Å². The molecule has 2 fully saturated rings. The first-order valence-corrected chi connectivity index (χ1v) is 10.3. The van der Waals surface area contributed by atoms with Crippen molar-refractivity contribution in [3.05, 3.63) is 30.0 Å². The fourth-order valence-electron chi connectivity index (χ4n) is 4.81. The Hall–Kier alpha value is -2.30. The fraction of sp³-hybridized carbons (Fsp3) is 0.545. The number of likely N-dealkylation sites (tertiary alicyclic amines) is 1. The second-order valence-electron chi connectivity index (χ2n) is 8.01. The molecule has 27 heavy (non-hydrogen) atoms. The smallest absolute Gasteiger partial charge is 0.229 e.